The van der Waals surface area contributed by atoms with Gasteiger partial charge in [0.1, 0.15) is 5.69 Å². The lowest BCUT2D eigenvalue weighted by Gasteiger charge is -2.12. The third-order valence-corrected chi connectivity index (χ3v) is 2.87. The van der Waals surface area contributed by atoms with Crippen LogP contribution < -0.4 is 5.32 Å². The van der Waals surface area contributed by atoms with Crippen LogP contribution in [-0.2, 0) is 0 Å². The van der Waals surface area contributed by atoms with Gasteiger partial charge >= 0.3 is 0 Å². The standard InChI is InChI=1S/C14H9ClF2N2/c1-8-2-3-10(15)6-13(8)19-14-11(16)4-9(7-18)5-12(14)17/h2-6,19H,1H3. The van der Waals surface area contributed by atoms with Gasteiger partial charge in [0.2, 0.25) is 0 Å². The molecule has 0 saturated heterocycles. The highest BCUT2D eigenvalue weighted by Gasteiger charge is 2.12. The molecular weight excluding hydrogens is 270 g/mol. The molecule has 0 fully saturated rings. The van der Waals surface area contributed by atoms with Gasteiger partial charge in [-0.1, -0.05) is 17.7 Å². The fourth-order valence-electron chi connectivity index (χ4n) is 1.62. The molecule has 1 N–H and O–H groups in total. The molecule has 0 aromatic heterocycles. The second kappa shape index (κ2) is 5.25. The molecule has 0 unspecified atom stereocenters. The van der Waals surface area contributed by atoms with Crippen molar-refractivity contribution in [1.82, 2.24) is 0 Å². The summed E-state index contributed by atoms with van der Waals surface area (Å²) in [5.74, 6) is -1.65. The summed E-state index contributed by atoms with van der Waals surface area (Å²) in [5, 5.41) is 11.7. The summed E-state index contributed by atoms with van der Waals surface area (Å²) in [6.45, 7) is 1.79. The van der Waals surface area contributed by atoms with Crippen LogP contribution in [0.5, 0.6) is 0 Å². The van der Waals surface area contributed by atoms with Gasteiger partial charge in [0.25, 0.3) is 0 Å². The summed E-state index contributed by atoms with van der Waals surface area (Å²) in [5.41, 5.74) is 0.940. The summed E-state index contributed by atoms with van der Waals surface area (Å²) in [6.07, 6.45) is 0. The topological polar surface area (TPSA) is 35.8 Å². The van der Waals surface area contributed by atoms with Gasteiger partial charge in [0.05, 0.1) is 11.6 Å². The maximum Gasteiger partial charge on any atom is 0.150 e. The minimum Gasteiger partial charge on any atom is -0.350 e. The number of benzene rings is 2. The van der Waals surface area contributed by atoms with E-state index >= 15 is 0 Å². The molecule has 5 heteroatoms. The Balaban J connectivity index is 2.44. The predicted molar refractivity (Wildman–Crippen MR) is 70.5 cm³/mol. The number of aryl methyl sites for hydroxylation is 1. The lowest BCUT2D eigenvalue weighted by molar-refractivity contribution is 0.590. The van der Waals surface area contributed by atoms with Crippen molar-refractivity contribution >= 4 is 23.0 Å². The first-order valence-electron chi connectivity index (χ1n) is 5.43. The van der Waals surface area contributed by atoms with Gasteiger partial charge in [-0.05, 0) is 36.8 Å². The first kappa shape index (κ1) is 13.3. The summed E-state index contributed by atoms with van der Waals surface area (Å²) in [4.78, 5) is 0. The quantitative estimate of drug-likeness (QED) is 0.875. The number of nitriles is 1. The first-order chi connectivity index (χ1) is 9.01. The Morgan fingerprint density at radius 2 is 1.79 bits per heavy atom. The Bertz CT molecular complexity index is 655. The van der Waals surface area contributed by atoms with Crippen LogP contribution in [0.15, 0.2) is 30.3 Å². The van der Waals surface area contributed by atoms with E-state index < -0.39 is 11.6 Å². The zero-order valence-electron chi connectivity index (χ0n) is 9.97. The highest BCUT2D eigenvalue weighted by atomic mass is 35.5. The van der Waals surface area contributed by atoms with E-state index in [4.69, 9.17) is 16.9 Å². The number of nitrogens with one attached hydrogen (secondary N) is 1. The third kappa shape index (κ3) is 2.83. The summed E-state index contributed by atoms with van der Waals surface area (Å²) in [7, 11) is 0. The van der Waals surface area contributed by atoms with Crippen LogP contribution in [0.4, 0.5) is 20.2 Å². The smallest absolute Gasteiger partial charge is 0.150 e. The molecule has 0 aliphatic carbocycles. The maximum absolute atomic E-state index is 13.7. The minimum atomic E-state index is -0.823. The highest BCUT2D eigenvalue weighted by Crippen LogP contribution is 2.28. The molecule has 0 radical (unpaired) electrons. The van der Waals surface area contributed by atoms with Crippen molar-refractivity contribution in [2.45, 2.75) is 6.92 Å². The summed E-state index contributed by atoms with van der Waals surface area (Å²) < 4.78 is 27.5. The molecule has 0 bridgehead atoms. The number of nitrogens with zero attached hydrogens (tertiary/aromatic N) is 1. The molecule has 2 nitrogen and oxygen atoms in total. The molecule has 0 saturated carbocycles. The van der Waals surface area contributed by atoms with E-state index in [2.05, 4.69) is 5.32 Å². The van der Waals surface area contributed by atoms with Crippen LogP contribution in [0.25, 0.3) is 0 Å². The fourth-order valence-corrected chi connectivity index (χ4v) is 1.79. The maximum atomic E-state index is 13.7. The molecule has 96 valence electrons. The molecule has 2 aromatic rings. The zero-order valence-corrected chi connectivity index (χ0v) is 10.7. The molecular formula is C14H9ClF2N2. The van der Waals surface area contributed by atoms with Crippen LogP contribution >= 0.6 is 11.6 Å². The molecule has 0 aliphatic rings. The number of anilines is 2. The van der Waals surface area contributed by atoms with Crippen LogP contribution in [0.2, 0.25) is 5.02 Å². The zero-order chi connectivity index (χ0) is 14.0. The van der Waals surface area contributed by atoms with Crippen molar-refractivity contribution in [2.24, 2.45) is 0 Å². The van der Waals surface area contributed by atoms with E-state index in [-0.39, 0.29) is 11.3 Å². The van der Waals surface area contributed by atoms with Crippen LogP contribution in [0.1, 0.15) is 11.1 Å². The van der Waals surface area contributed by atoms with Gasteiger partial charge in [0, 0.05) is 10.7 Å². The van der Waals surface area contributed by atoms with Crippen molar-refractivity contribution < 1.29 is 8.78 Å². The van der Waals surface area contributed by atoms with Gasteiger partial charge in [0.15, 0.2) is 11.6 Å². The average molecular weight is 279 g/mol. The third-order valence-electron chi connectivity index (χ3n) is 2.63. The van der Waals surface area contributed by atoms with Crippen molar-refractivity contribution in [3.05, 3.63) is 58.1 Å². The second-order valence-electron chi connectivity index (χ2n) is 4.01. The Hall–Kier alpha value is -2.12. The Morgan fingerprint density at radius 1 is 1.16 bits per heavy atom. The largest absolute Gasteiger partial charge is 0.350 e. The van der Waals surface area contributed by atoms with Crippen molar-refractivity contribution in [2.75, 3.05) is 5.32 Å². The van der Waals surface area contributed by atoms with E-state index in [0.717, 1.165) is 17.7 Å². The van der Waals surface area contributed by atoms with E-state index in [1.807, 2.05) is 0 Å². The predicted octanol–water partition coefficient (Wildman–Crippen LogP) is 4.54. The van der Waals surface area contributed by atoms with Crippen LogP contribution in [0, 0.1) is 29.9 Å². The Morgan fingerprint density at radius 3 is 2.37 bits per heavy atom. The van der Waals surface area contributed by atoms with Crippen molar-refractivity contribution in [3.63, 3.8) is 0 Å². The monoisotopic (exact) mass is 278 g/mol. The van der Waals surface area contributed by atoms with E-state index in [1.54, 1.807) is 31.2 Å². The molecule has 2 rings (SSSR count). The molecule has 19 heavy (non-hydrogen) atoms. The van der Waals surface area contributed by atoms with Gasteiger partial charge in [-0.2, -0.15) is 5.26 Å². The minimum absolute atomic E-state index is 0.0663. The number of halogens is 3. The first-order valence-corrected chi connectivity index (χ1v) is 5.81. The fraction of sp³-hybridized carbons (Fsp3) is 0.0714. The van der Waals surface area contributed by atoms with E-state index in [0.29, 0.717) is 10.7 Å². The van der Waals surface area contributed by atoms with Gasteiger partial charge in [-0.3, -0.25) is 0 Å². The van der Waals surface area contributed by atoms with Gasteiger partial charge in [-0.15, -0.1) is 0 Å². The summed E-state index contributed by atoms with van der Waals surface area (Å²) in [6, 6.07) is 8.65. The van der Waals surface area contributed by atoms with Crippen molar-refractivity contribution in [3.8, 4) is 6.07 Å². The van der Waals surface area contributed by atoms with Gasteiger partial charge in [-0.25, -0.2) is 8.78 Å². The molecule has 0 spiro atoms. The summed E-state index contributed by atoms with van der Waals surface area (Å²) >= 11 is 5.84. The Kier molecular flexibility index (Phi) is 3.68. The molecule has 0 heterocycles. The molecule has 2 aromatic carbocycles. The number of hydrogen-bond donors (Lipinski definition) is 1. The van der Waals surface area contributed by atoms with Crippen LogP contribution in [0.3, 0.4) is 0 Å². The van der Waals surface area contributed by atoms with Crippen LogP contribution in [-0.4, -0.2) is 0 Å². The van der Waals surface area contributed by atoms with Gasteiger partial charge < -0.3 is 5.32 Å². The van der Waals surface area contributed by atoms with E-state index in [9.17, 15) is 8.78 Å². The normalized spacial score (nSPS) is 10.1. The second-order valence-corrected chi connectivity index (χ2v) is 4.45. The molecule has 0 aliphatic heterocycles. The lowest BCUT2D eigenvalue weighted by atomic mass is 10.1. The lowest BCUT2D eigenvalue weighted by Crippen LogP contribution is -2.00. The molecule has 0 atom stereocenters. The number of hydrogen-bond acceptors (Lipinski definition) is 2. The molecule has 0 amide bonds. The average Bonchev–Trinajstić information content (AvgIpc) is 2.37. The van der Waals surface area contributed by atoms with E-state index in [1.165, 1.54) is 0 Å². The number of rotatable bonds is 2. The SMILES string of the molecule is Cc1ccc(Cl)cc1Nc1c(F)cc(C#N)cc1F. The highest BCUT2D eigenvalue weighted by molar-refractivity contribution is 6.30. The Labute approximate surface area is 114 Å². The van der Waals surface area contributed by atoms with Crippen molar-refractivity contribution in [1.29, 1.82) is 5.26 Å².